The molecule has 0 heterocycles. The number of halogens is 4. The van der Waals surface area contributed by atoms with E-state index in [2.05, 4.69) is 4.18 Å². The average molecular weight is 454 g/mol. The van der Waals surface area contributed by atoms with Gasteiger partial charge in [-0.15, -0.1) is 46.4 Å². The minimum atomic E-state index is -3.97. The number of nitrogens with zero attached hydrogens (tertiary/aromatic N) is 2. The van der Waals surface area contributed by atoms with Crippen LogP contribution in [0.1, 0.15) is 6.92 Å². The smallest absolute Gasteiger partial charge is 0.322 e. The molecule has 0 saturated heterocycles. The molecule has 7 nitrogen and oxygen atoms in total. The van der Waals surface area contributed by atoms with E-state index < -0.39 is 30.1 Å². The number of hydrogen-bond donors (Lipinski definition) is 2. The van der Waals surface area contributed by atoms with Gasteiger partial charge in [0.2, 0.25) is 0 Å². The van der Waals surface area contributed by atoms with E-state index in [4.69, 9.17) is 46.4 Å². The maximum Gasteiger partial charge on any atom is 0.343 e. The Bertz CT molecular complexity index is 445. The molecule has 0 spiro atoms. The number of rotatable bonds is 13. The maximum atomic E-state index is 12.8. The minimum absolute atomic E-state index is 0.0792. The molecule has 13 heteroatoms. The minimum Gasteiger partial charge on any atom is -0.322 e. The summed E-state index contributed by atoms with van der Waals surface area (Å²) in [5, 5.41) is -0.833. The van der Waals surface area contributed by atoms with Gasteiger partial charge in [0.1, 0.15) is 0 Å². The number of thiol groups is 1. The Morgan fingerprint density at radius 2 is 1.52 bits per heavy atom. The van der Waals surface area contributed by atoms with Gasteiger partial charge in [-0.05, 0) is 6.92 Å². The molecule has 0 aliphatic heterocycles. The second-order valence-electron chi connectivity index (χ2n) is 4.50. The zero-order valence-electron chi connectivity index (χ0n) is 12.5. The zero-order chi connectivity index (χ0) is 18.0. The first-order chi connectivity index (χ1) is 10.7. The van der Waals surface area contributed by atoms with E-state index in [1.807, 2.05) is 0 Å². The van der Waals surface area contributed by atoms with Crippen LogP contribution in [0.4, 0.5) is 0 Å². The predicted octanol–water partition coefficient (Wildman–Crippen LogP) is 1.95. The molecule has 0 aromatic carbocycles. The molecule has 0 aromatic rings. The highest BCUT2D eigenvalue weighted by Gasteiger charge is 2.36. The molecule has 0 bridgehead atoms. The van der Waals surface area contributed by atoms with E-state index >= 15 is 0 Å². The normalized spacial score (nSPS) is 17.6. The van der Waals surface area contributed by atoms with E-state index in [0.717, 1.165) is 0 Å². The fourth-order valence-electron chi connectivity index (χ4n) is 1.72. The first-order valence-corrected chi connectivity index (χ1v) is 11.4. The lowest BCUT2D eigenvalue weighted by Crippen LogP contribution is -2.40. The van der Waals surface area contributed by atoms with Gasteiger partial charge in [0.15, 0.2) is 0 Å². The summed E-state index contributed by atoms with van der Waals surface area (Å²) < 4.78 is 41.0. The lowest BCUT2D eigenvalue weighted by atomic mass is 10.3. The Balaban J connectivity index is 5.14. The van der Waals surface area contributed by atoms with Crippen molar-refractivity contribution in [3.63, 3.8) is 0 Å². The van der Waals surface area contributed by atoms with Gasteiger partial charge in [-0.25, -0.2) is 17.8 Å². The Morgan fingerprint density at radius 3 is 1.91 bits per heavy atom. The first-order valence-electron chi connectivity index (χ1n) is 6.67. The van der Waals surface area contributed by atoms with Gasteiger partial charge in [-0.3, -0.25) is 8.75 Å². The fraction of sp³-hybridized carbons (Fsp3) is 1.00. The standard InChI is InChI=1S/C10H21Cl4N2O5PS/c1-9(21-23(19)20)10(14)8-16(7-4-13)22(17,18)15(5-2-11)6-3-12/h9-10,23H,2-8H2,1H3,(H,17,18). The van der Waals surface area contributed by atoms with Crippen LogP contribution in [0.15, 0.2) is 0 Å². The van der Waals surface area contributed by atoms with Crippen LogP contribution in [0.3, 0.4) is 0 Å². The van der Waals surface area contributed by atoms with Gasteiger partial charge < -0.3 is 4.89 Å². The lowest BCUT2D eigenvalue weighted by molar-refractivity contribution is 0.209. The third kappa shape index (κ3) is 8.90. The van der Waals surface area contributed by atoms with Crippen molar-refractivity contribution < 1.29 is 22.1 Å². The summed E-state index contributed by atoms with van der Waals surface area (Å²) in [6.07, 6.45) is -0.856. The molecule has 0 fully saturated rings. The van der Waals surface area contributed by atoms with Crippen LogP contribution >= 0.6 is 54.1 Å². The number of alkyl halides is 4. The molecular weight excluding hydrogens is 433 g/mol. The van der Waals surface area contributed by atoms with E-state index in [1.54, 1.807) is 0 Å². The molecule has 0 saturated carbocycles. The quantitative estimate of drug-likeness (QED) is 0.250. The SMILES string of the molecule is CC(O[SH](=O)=O)C(Cl)CN(CCCl)P(=O)(O)N(CCCl)CCCl. The third-order valence-electron chi connectivity index (χ3n) is 2.91. The van der Waals surface area contributed by atoms with Crippen molar-refractivity contribution in [1.82, 2.24) is 9.34 Å². The van der Waals surface area contributed by atoms with Crippen LogP contribution < -0.4 is 0 Å². The highest BCUT2D eigenvalue weighted by Crippen LogP contribution is 2.49. The van der Waals surface area contributed by atoms with Gasteiger partial charge >= 0.3 is 7.67 Å². The Labute approximate surface area is 158 Å². The Morgan fingerprint density at radius 1 is 1.09 bits per heavy atom. The largest absolute Gasteiger partial charge is 0.343 e. The van der Waals surface area contributed by atoms with Gasteiger partial charge in [-0.1, -0.05) is 0 Å². The molecule has 0 rings (SSSR count). The van der Waals surface area contributed by atoms with Crippen LogP contribution in [-0.2, 0) is 19.7 Å². The molecule has 0 aromatic heterocycles. The molecule has 3 unspecified atom stereocenters. The third-order valence-corrected chi connectivity index (χ3v) is 6.65. The van der Waals surface area contributed by atoms with Crippen molar-refractivity contribution in [2.75, 3.05) is 43.8 Å². The summed E-state index contributed by atoms with van der Waals surface area (Å²) in [7, 11) is -7.03. The van der Waals surface area contributed by atoms with E-state index in [-0.39, 0.29) is 43.8 Å². The van der Waals surface area contributed by atoms with Crippen LogP contribution in [0.25, 0.3) is 0 Å². The lowest BCUT2D eigenvalue weighted by Gasteiger charge is -2.35. The molecule has 1 N–H and O–H groups in total. The maximum absolute atomic E-state index is 12.8. The fourth-order valence-corrected chi connectivity index (χ4v) is 5.32. The highest BCUT2D eigenvalue weighted by molar-refractivity contribution is 7.67. The Hall–Kier alpha value is 1.18. The number of hydrogen-bond acceptors (Lipinski definition) is 4. The predicted molar refractivity (Wildman–Crippen MR) is 95.6 cm³/mol. The van der Waals surface area contributed by atoms with E-state index in [9.17, 15) is 17.9 Å². The average Bonchev–Trinajstić information content (AvgIpc) is 2.45. The molecular formula is C10H21Cl4N2O5PS. The van der Waals surface area contributed by atoms with Gasteiger partial charge in [0, 0.05) is 43.8 Å². The van der Waals surface area contributed by atoms with E-state index in [0.29, 0.717) is 0 Å². The summed E-state index contributed by atoms with van der Waals surface area (Å²) in [5.74, 6) is 0.391. The monoisotopic (exact) mass is 452 g/mol. The Kier molecular flexibility index (Phi) is 13.2. The first kappa shape index (κ1) is 24.2. The summed E-state index contributed by atoms with van der Waals surface area (Å²) in [4.78, 5) is 10.5. The molecule has 0 aliphatic rings. The zero-order valence-corrected chi connectivity index (χ0v) is 17.3. The molecule has 3 atom stereocenters. The van der Waals surface area contributed by atoms with Crippen LogP contribution in [0.5, 0.6) is 0 Å². The molecule has 23 heavy (non-hydrogen) atoms. The molecule has 0 aliphatic carbocycles. The van der Waals surface area contributed by atoms with Crippen LogP contribution in [0.2, 0.25) is 0 Å². The highest BCUT2D eigenvalue weighted by atomic mass is 35.5. The van der Waals surface area contributed by atoms with Crippen molar-refractivity contribution in [3.8, 4) is 0 Å². The molecule has 140 valence electrons. The van der Waals surface area contributed by atoms with Crippen molar-refractivity contribution in [2.45, 2.75) is 18.4 Å². The van der Waals surface area contributed by atoms with Crippen molar-refractivity contribution in [1.29, 1.82) is 0 Å². The molecule has 0 radical (unpaired) electrons. The summed E-state index contributed by atoms with van der Waals surface area (Å²) in [6, 6.07) is 0. The molecule has 0 amide bonds. The van der Waals surface area contributed by atoms with Crippen LogP contribution in [-0.4, -0.2) is 78.0 Å². The summed E-state index contributed by atoms with van der Waals surface area (Å²) >= 11 is 23.1. The second-order valence-corrected chi connectivity index (χ2v) is 9.01. The second kappa shape index (κ2) is 12.5. The van der Waals surface area contributed by atoms with Gasteiger partial charge in [0.25, 0.3) is 11.0 Å². The van der Waals surface area contributed by atoms with E-state index in [1.165, 1.54) is 16.3 Å². The summed E-state index contributed by atoms with van der Waals surface area (Å²) in [5.41, 5.74) is 0. The van der Waals surface area contributed by atoms with Gasteiger partial charge in [-0.2, -0.15) is 0 Å². The van der Waals surface area contributed by atoms with Crippen molar-refractivity contribution in [2.24, 2.45) is 0 Å². The topological polar surface area (TPSA) is 87.2 Å². The van der Waals surface area contributed by atoms with Gasteiger partial charge in [0.05, 0.1) is 11.5 Å². The van der Waals surface area contributed by atoms with Crippen molar-refractivity contribution in [3.05, 3.63) is 0 Å². The van der Waals surface area contributed by atoms with Crippen molar-refractivity contribution >= 4 is 65.1 Å². The summed E-state index contributed by atoms with van der Waals surface area (Å²) in [6.45, 7) is 1.77. The van der Waals surface area contributed by atoms with Crippen LogP contribution in [0, 0.1) is 0 Å².